The van der Waals surface area contributed by atoms with E-state index in [1.807, 2.05) is 62.4 Å². The van der Waals surface area contributed by atoms with Crippen LogP contribution in [0.25, 0.3) is 11.3 Å². The fourth-order valence-electron chi connectivity index (χ4n) is 3.42. The fraction of sp³-hybridized carbons (Fsp3) is 0.429. The molecule has 1 aromatic heterocycles. The SMILES string of the molecule is CC(C)OC(=O)N1CCC[C@@H](N)[C@H]1Cc1cccc(-c2ccccc2)n1. The summed E-state index contributed by atoms with van der Waals surface area (Å²) in [5, 5.41) is 0. The topological polar surface area (TPSA) is 68.5 Å². The zero-order valence-electron chi connectivity index (χ0n) is 15.5. The van der Waals surface area contributed by atoms with Gasteiger partial charge in [-0.05, 0) is 38.8 Å². The average Bonchev–Trinajstić information content (AvgIpc) is 2.64. The first kappa shape index (κ1) is 18.4. The Morgan fingerprint density at radius 1 is 1.23 bits per heavy atom. The molecular formula is C21H27N3O2. The Balaban J connectivity index is 1.80. The Morgan fingerprint density at radius 3 is 2.73 bits per heavy atom. The highest BCUT2D eigenvalue weighted by atomic mass is 16.6. The highest BCUT2D eigenvalue weighted by Gasteiger charge is 2.34. The number of carbonyl (C=O) groups is 1. The number of aromatic nitrogens is 1. The zero-order chi connectivity index (χ0) is 18.5. The molecule has 1 amide bonds. The van der Waals surface area contributed by atoms with Crippen LogP contribution in [-0.4, -0.2) is 40.7 Å². The van der Waals surface area contributed by atoms with Gasteiger partial charge >= 0.3 is 6.09 Å². The van der Waals surface area contributed by atoms with Crippen molar-refractivity contribution in [2.45, 2.75) is 51.3 Å². The summed E-state index contributed by atoms with van der Waals surface area (Å²) in [7, 11) is 0. The minimum atomic E-state index is -0.278. The molecular weight excluding hydrogens is 326 g/mol. The van der Waals surface area contributed by atoms with Crippen molar-refractivity contribution in [3.05, 3.63) is 54.2 Å². The van der Waals surface area contributed by atoms with Crippen molar-refractivity contribution in [2.75, 3.05) is 6.54 Å². The minimum Gasteiger partial charge on any atom is -0.447 e. The quantitative estimate of drug-likeness (QED) is 0.911. The van der Waals surface area contributed by atoms with Crippen molar-refractivity contribution >= 4 is 6.09 Å². The Kier molecular flexibility index (Phi) is 5.89. The van der Waals surface area contributed by atoms with Crippen LogP contribution < -0.4 is 5.73 Å². The normalized spacial score (nSPS) is 20.2. The second-order valence-electron chi connectivity index (χ2n) is 7.08. The van der Waals surface area contributed by atoms with Gasteiger partial charge in [0.2, 0.25) is 0 Å². The summed E-state index contributed by atoms with van der Waals surface area (Å²) < 4.78 is 5.41. The van der Waals surface area contributed by atoms with Crippen molar-refractivity contribution in [2.24, 2.45) is 5.73 Å². The maximum Gasteiger partial charge on any atom is 0.410 e. The van der Waals surface area contributed by atoms with Gasteiger partial charge in [-0.15, -0.1) is 0 Å². The van der Waals surface area contributed by atoms with E-state index in [2.05, 4.69) is 0 Å². The summed E-state index contributed by atoms with van der Waals surface area (Å²) >= 11 is 0. The molecule has 0 radical (unpaired) electrons. The van der Waals surface area contributed by atoms with Crippen LogP contribution in [0.5, 0.6) is 0 Å². The highest BCUT2D eigenvalue weighted by Crippen LogP contribution is 2.23. The van der Waals surface area contributed by atoms with Crippen LogP contribution >= 0.6 is 0 Å². The van der Waals surface area contributed by atoms with Gasteiger partial charge in [0, 0.05) is 30.3 Å². The summed E-state index contributed by atoms with van der Waals surface area (Å²) in [6.07, 6.45) is 2.03. The third kappa shape index (κ3) is 4.41. The largest absolute Gasteiger partial charge is 0.447 e. The lowest BCUT2D eigenvalue weighted by atomic mass is 9.93. The number of nitrogens with two attached hydrogens (primary N) is 1. The molecule has 3 rings (SSSR count). The van der Waals surface area contributed by atoms with Gasteiger partial charge in [-0.3, -0.25) is 4.98 Å². The van der Waals surface area contributed by atoms with E-state index in [1.165, 1.54) is 0 Å². The molecule has 2 N–H and O–H groups in total. The van der Waals surface area contributed by atoms with Crippen LogP contribution in [0.2, 0.25) is 0 Å². The molecule has 5 nitrogen and oxygen atoms in total. The van der Waals surface area contributed by atoms with E-state index in [4.69, 9.17) is 15.5 Å². The number of hydrogen-bond acceptors (Lipinski definition) is 4. The van der Waals surface area contributed by atoms with E-state index in [9.17, 15) is 4.79 Å². The predicted octanol–water partition coefficient (Wildman–Crippen LogP) is 3.63. The van der Waals surface area contributed by atoms with Crippen LogP contribution in [0.4, 0.5) is 4.79 Å². The lowest BCUT2D eigenvalue weighted by Crippen LogP contribution is -2.55. The predicted molar refractivity (Wildman–Crippen MR) is 103 cm³/mol. The summed E-state index contributed by atoms with van der Waals surface area (Å²) in [6, 6.07) is 16.0. The second kappa shape index (κ2) is 8.32. The molecule has 26 heavy (non-hydrogen) atoms. The lowest BCUT2D eigenvalue weighted by Gasteiger charge is -2.39. The van der Waals surface area contributed by atoms with Crippen LogP contribution in [0.15, 0.2) is 48.5 Å². The molecule has 1 fully saturated rings. The Morgan fingerprint density at radius 2 is 2.00 bits per heavy atom. The first-order valence-electron chi connectivity index (χ1n) is 9.29. The summed E-state index contributed by atoms with van der Waals surface area (Å²) in [6.45, 7) is 4.41. The lowest BCUT2D eigenvalue weighted by molar-refractivity contribution is 0.0477. The van der Waals surface area contributed by atoms with Gasteiger partial charge in [-0.1, -0.05) is 36.4 Å². The molecule has 5 heteroatoms. The number of carbonyl (C=O) groups excluding carboxylic acids is 1. The molecule has 2 atom stereocenters. The third-order valence-electron chi connectivity index (χ3n) is 4.70. The second-order valence-corrected chi connectivity index (χ2v) is 7.08. The van der Waals surface area contributed by atoms with Gasteiger partial charge in [-0.25, -0.2) is 4.79 Å². The van der Waals surface area contributed by atoms with Crippen molar-refractivity contribution in [1.82, 2.24) is 9.88 Å². The smallest absolute Gasteiger partial charge is 0.410 e. The number of hydrogen-bond donors (Lipinski definition) is 1. The van der Waals surface area contributed by atoms with Crippen LogP contribution in [0, 0.1) is 0 Å². The highest BCUT2D eigenvalue weighted by molar-refractivity contribution is 5.68. The Bertz CT molecular complexity index is 733. The summed E-state index contributed by atoms with van der Waals surface area (Å²) in [5.41, 5.74) is 9.31. The third-order valence-corrected chi connectivity index (χ3v) is 4.70. The average molecular weight is 353 g/mol. The molecule has 1 aliphatic rings. The number of ether oxygens (including phenoxy) is 1. The molecule has 0 aliphatic carbocycles. The van der Waals surface area contributed by atoms with Gasteiger partial charge in [0.1, 0.15) is 0 Å². The van der Waals surface area contributed by atoms with Crippen molar-refractivity contribution < 1.29 is 9.53 Å². The van der Waals surface area contributed by atoms with Gasteiger partial charge in [-0.2, -0.15) is 0 Å². The molecule has 138 valence electrons. The van der Waals surface area contributed by atoms with E-state index >= 15 is 0 Å². The van der Waals surface area contributed by atoms with Crippen molar-refractivity contribution in [3.63, 3.8) is 0 Å². The van der Waals surface area contributed by atoms with Crippen molar-refractivity contribution in [1.29, 1.82) is 0 Å². The first-order valence-corrected chi connectivity index (χ1v) is 9.29. The maximum absolute atomic E-state index is 12.5. The monoisotopic (exact) mass is 353 g/mol. The van der Waals surface area contributed by atoms with Crippen LogP contribution in [0.1, 0.15) is 32.4 Å². The number of pyridine rings is 1. The van der Waals surface area contributed by atoms with E-state index < -0.39 is 0 Å². The molecule has 0 spiro atoms. The molecule has 1 aliphatic heterocycles. The Labute approximate surface area is 155 Å². The van der Waals surface area contributed by atoms with E-state index in [0.717, 1.165) is 29.8 Å². The number of amides is 1. The molecule has 2 aromatic rings. The van der Waals surface area contributed by atoms with Gasteiger partial charge in [0.25, 0.3) is 0 Å². The number of piperidine rings is 1. The number of nitrogens with zero attached hydrogens (tertiary/aromatic N) is 2. The molecule has 0 saturated carbocycles. The molecule has 1 saturated heterocycles. The maximum atomic E-state index is 12.5. The molecule has 2 heterocycles. The molecule has 1 aromatic carbocycles. The van der Waals surface area contributed by atoms with Crippen LogP contribution in [-0.2, 0) is 11.2 Å². The van der Waals surface area contributed by atoms with E-state index in [0.29, 0.717) is 13.0 Å². The van der Waals surface area contributed by atoms with Crippen LogP contribution in [0.3, 0.4) is 0 Å². The standard InChI is InChI=1S/C21H27N3O2/c1-15(2)26-21(25)24-13-7-11-18(22)20(24)14-17-10-6-12-19(23-17)16-8-4-3-5-9-16/h3-6,8-10,12,15,18,20H,7,11,13-14,22H2,1-2H3/t18-,20-/m1/s1. The number of likely N-dealkylation sites (tertiary alicyclic amines) is 1. The minimum absolute atomic E-state index is 0.0642. The zero-order valence-corrected chi connectivity index (χ0v) is 15.5. The molecule has 0 bridgehead atoms. The summed E-state index contributed by atoms with van der Waals surface area (Å²) in [4.78, 5) is 19.0. The Hall–Kier alpha value is -2.40. The van der Waals surface area contributed by atoms with Gasteiger partial charge < -0.3 is 15.4 Å². The van der Waals surface area contributed by atoms with Crippen molar-refractivity contribution in [3.8, 4) is 11.3 Å². The molecule has 0 unspecified atom stereocenters. The van der Waals surface area contributed by atoms with E-state index in [-0.39, 0.29) is 24.3 Å². The van der Waals surface area contributed by atoms with Gasteiger partial charge in [0.15, 0.2) is 0 Å². The van der Waals surface area contributed by atoms with E-state index in [1.54, 1.807) is 4.90 Å². The summed E-state index contributed by atoms with van der Waals surface area (Å²) in [5.74, 6) is 0. The first-order chi connectivity index (χ1) is 12.5. The van der Waals surface area contributed by atoms with Gasteiger partial charge in [0.05, 0.1) is 17.8 Å². The number of rotatable bonds is 4. The number of benzene rings is 1. The fourth-order valence-corrected chi connectivity index (χ4v) is 3.42.